The van der Waals surface area contributed by atoms with Crippen LogP contribution in [0.3, 0.4) is 0 Å². The van der Waals surface area contributed by atoms with Gasteiger partial charge in [0.1, 0.15) is 0 Å². The Morgan fingerprint density at radius 2 is 2.23 bits per heavy atom. The van der Waals surface area contributed by atoms with Crippen molar-refractivity contribution in [2.24, 2.45) is 0 Å². The normalized spacial score (nSPS) is 11.5. The van der Waals surface area contributed by atoms with Crippen LogP contribution in [0.15, 0.2) is 35.7 Å². The van der Waals surface area contributed by atoms with E-state index in [-0.39, 0.29) is 0 Å². The summed E-state index contributed by atoms with van der Waals surface area (Å²) in [6, 6.07) is 8.58. The van der Waals surface area contributed by atoms with E-state index in [1.165, 1.54) is 15.6 Å². The van der Waals surface area contributed by atoms with E-state index in [9.17, 15) is 0 Å². The first-order chi connectivity index (χ1) is 6.42. The van der Waals surface area contributed by atoms with Gasteiger partial charge in [0.2, 0.25) is 0 Å². The SMILES string of the molecule is BrCC=Cc1cccc2sccc12. The molecular formula is C11H9BrS. The van der Waals surface area contributed by atoms with Crippen molar-refractivity contribution in [3.05, 3.63) is 41.3 Å². The molecule has 1 aromatic carbocycles. The molecule has 0 fully saturated rings. The number of alkyl halides is 1. The maximum atomic E-state index is 3.38. The minimum absolute atomic E-state index is 0.910. The molecule has 0 nitrogen and oxygen atoms in total. The Labute approximate surface area is 90.0 Å². The van der Waals surface area contributed by atoms with Crippen LogP contribution in [0, 0.1) is 0 Å². The summed E-state index contributed by atoms with van der Waals surface area (Å²) >= 11 is 5.17. The van der Waals surface area contributed by atoms with Crippen LogP contribution in [0.5, 0.6) is 0 Å². The zero-order valence-electron chi connectivity index (χ0n) is 7.03. The Bertz CT molecular complexity index is 428. The van der Waals surface area contributed by atoms with Crippen LogP contribution in [0.25, 0.3) is 16.2 Å². The minimum Gasteiger partial charge on any atom is -0.144 e. The lowest BCUT2D eigenvalue weighted by molar-refractivity contribution is 1.75. The maximum absolute atomic E-state index is 3.38. The first-order valence-electron chi connectivity index (χ1n) is 4.10. The number of hydrogen-bond donors (Lipinski definition) is 0. The molecule has 0 amide bonds. The van der Waals surface area contributed by atoms with Crippen molar-refractivity contribution < 1.29 is 0 Å². The third-order valence-electron chi connectivity index (χ3n) is 1.92. The lowest BCUT2D eigenvalue weighted by Gasteiger charge is -1.95. The highest BCUT2D eigenvalue weighted by Crippen LogP contribution is 2.24. The van der Waals surface area contributed by atoms with Crippen LogP contribution in [-0.4, -0.2) is 5.33 Å². The zero-order valence-corrected chi connectivity index (χ0v) is 9.44. The second kappa shape index (κ2) is 4.07. The van der Waals surface area contributed by atoms with Gasteiger partial charge in [-0.05, 0) is 28.5 Å². The molecule has 0 atom stereocenters. The Kier molecular flexibility index (Phi) is 2.81. The summed E-state index contributed by atoms with van der Waals surface area (Å²) in [6.45, 7) is 0. The van der Waals surface area contributed by atoms with E-state index in [0.29, 0.717) is 0 Å². The summed E-state index contributed by atoms with van der Waals surface area (Å²) in [7, 11) is 0. The number of fused-ring (bicyclic) bond motifs is 1. The van der Waals surface area contributed by atoms with E-state index < -0.39 is 0 Å². The van der Waals surface area contributed by atoms with Crippen molar-refractivity contribution in [2.75, 3.05) is 5.33 Å². The monoisotopic (exact) mass is 252 g/mol. The van der Waals surface area contributed by atoms with Crippen molar-refractivity contribution in [3.8, 4) is 0 Å². The number of thiophene rings is 1. The molecule has 0 bridgehead atoms. The Balaban J connectivity index is 2.54. The van der Waals surface area contributed by atoms with Crippen molar-refractivity contribution in [1.82, 2.24) is 0 Å². The van der Waals surface area contributed by atoms with Crippen LogP contribution in [0.4, 0.5) is 0 Å². The highest BCUT2D eigenvalue weighted by atomic mass is 79.9. The average molecular weight is 253 g/mol. The van der Waals surface area contributed by atoms with Gasteiger partial charge in [-0.15, -0.1) is 11.3 Å². The Hall–Kier alpha value is -0.600. The van der Waals surface area contributed by atoms with E-state index in [1.807, 2.05) is 0 Å². The summed E-state index contributed by atoms with van der Waals surface area (Å²) in [4.78, 5) is 0. The quantitative estimate of drug-likeness (QED) is 0.699. The average Bonchev–Trinajstić information content (AvgIpc) is 2.62. The van der Waals surface area contributed by atoms with E-state index in [2.05, 4.69) is 57.7 Å². The van der Waals surface area contributed by atoms with Crippen LogP contribution >= 0.6 is 27.3 Å². The van der Waals surface area contributed by atoms with Gasteiger partial charge in [0.05, 0.1) is 0 Å². The third kappa shape index (κ3) is 1.84. The molecule has 0 spiro atoms. The molecule has 0 unspecified atom stereocenters. The fourth-order valence-corrected chi connectivity index (χ4v) is 2.34. The van der Waals surface area contributed by atoms with Crippen LogP contribution in [0.1, 0.15) is 5.56 Å². The van der Waals surface area contributed by atoms with E-state index >= 15 is 0 Å². The summed E-state index contributed by atoms with van der Waals surface area (Å²) < 4.78 is 1.36. The lowest BCUT2D eigenvalue weighted by atomic mass is 10.1. The van der Waals surface area contributed by atoms with Crippen molar-refractivity contribution in [3.63, 3.8) is 0 Å². The van der Waals surface area contributed by atoms with Gasteiger partial charge in [-0.2, -0.15) is 0 Å². The maximum Gasteiger partial charge on any atom is 0.0348 e. The van der Waals surface area contributed by atoms with Gasteiger partial charge >= 0.3 is 0 Å². The number of allylic oxidation sites excluding steroid dienone is 1. The first-order valence-corrected chi connectivity index (χ1v) is 6.10. The number of benzene rings is 1. The topological polar surface area (TPSA) is 0 Å². The van der Waals surface area contributed by atoms with Gasteiger partial charge in [0.15, 0.2) is 0 Å². The molecule has 1 heterocycles. The van der Waals surface area contributed by atoms with Gasteiger partial charge in [-0.1, -0.05) is 40.2 Å². The second-order valence-corrected chi connectivity index (χ2v) is 4.33. The highest BCUT2D eigenvalue weighted by molar-refractivity contribution is 9.09. The first kappa shape index (κ1) is 8.97. The molecule has 0 saturated heterocycles. The largest absolute Gasteiger partial charge is 0.144 e. The number of hydrogen-bond acceptors (Lipinski definition) is 1. The van der Waals surface area contributed by atoms with Gasteiger partial charge in [-0.25, -0.2) is 0 Å². The molecule has 0 radical (unpaired) electrons. The molecule has 0 N–H and O–H groups in total. The predicted octanol–water partition coefficient (Wildman–Crippen LogP) is 4.31. The Morgan fingerprint density at radius 3 is 3.08 bits per heavy atom. The van der Waals surface area contributed by atoms with Gasteiger partial charge < -0.3 is 0 Å². The van der Waals surface area contributed by atoms with Gasteiger partial charge in [0, 0.05) is 10.0 Å². The number of halogens is 1. The lowest BCUT2D eigenvalue weighted by Crippen LogP contribution is -1.72. The van der Waals surface area contributed by atoms with E-state index in [4.69, 9.17) is 0 Å². The fourth-order valence-electron chi connectivity index (χ4n) is 1.33. The molecular weight excluding hydrogens is 244 g/mol. The van der Waals surface area contributed by atoms with Gasteiger partial charge in [0.25, 0.3) is 0 Å². The summed E-state index contributed by atoms with van der Waals surface area (Å²) in [5, 5.41) is 4.40. The predicted molar refractivity (Wildman–Crippen MR) is 64.7 cm³/mol. The molecule has 66 valence electrons. The molecule has 13 heavy (non-hydrogen) atoms. The van der Waals surface area contributed by atoms with Crippen molar-refractivity contribution in [1.29, 1.82) is 0 Å². The van der Waals surface area contributed by atoms with E-state index in [1.54, 1.807) is 11.3 Å². The summed E-state index contributed by atoms with van der Waals surface area (Å²) in [5.74, 6) is 0. The molecule has 2 rings (SSSR count). The summed E-state index contributed by atoms with van der Waals surface area (Å²) in [5.41, 5.74) is 1.30. The van der Waals surface area contributed by atoms with Crippen LogP contribution in [-0.2, 0) is 0 Å². The Morgan fingerprint density at radius 1 is 1.31 bits per heavy atom. The summed E-state index contributed by atoms with van der Waals surface area (Å²) in [6.07, 6.45) is 4.27. The van der Waals surface area contributed by atoms with Crippen molar-refractivity contribution >= 4 is 43.4 Å². The fraction of sp³-hybridized carbons (Fsp3) is 0.0909. The van der Waals surface area contributed by atoms with Crippen molar-refractivity contribution in [2.45, 2.75) is 0 Å². The molecule has 1 aromatic heterocycles. The molecule has 2 heteroatoms. The highest BCUT2D eigenvalue weighted by Gasteiger charge is 1.97. The zero-order chi connectivity index (χ0) is 9.10. The van der Waals surface area contributed by atoms with Gasteiger partial charge in [-0.3, -0.25) is 0 Å². The molecule has 0 aliphatic carbocycles. The van der Waals surface area contributed by atoms with E-state index in [0.717, 1.165) is 5.33 Å². The second-order valence-electron chi connectivity index (χ2n) is 2.74. The smallest absolute Gasteiger partial charge is 0.0348 e. The molecule has 0 aliphatic rings. The molecule has 2 aromatic rings. The molecule has 0 aliphatic heterocycles. The van der Waals surface area contributed by atoms with Crippen LogP contribution in [0.2, 0.25) is 0 Å². The molecule has 0 saturated carbocycles. The van der Waals surface area contributed by atoms with Crippen LogP contribution < -0.4 is 0 Å². The minimum atomic E-state index is 0.910. The number of rotatable bonds is 2. The third-order valence-corrected chi connectivity index (χ3v) is 3.17. The standard InChI is InChI=1S/C11H9BrS/c12-7-2-4-9-3-1-5-11-10(9)6-8-13-11/h1-6,8H,7H2.